The summed E-state index contributed by atoms with van der Waals surface area (Å²) in [7, 11) is 1.59. The number of hydrogen-bond donors (Lipinski definition) is 1. The summed E-state index contributed by atoms with van der Waals surface area (Å²) in [6, 6.07) is 3.65. The van der Waals surface area contributed by atoms with Crippen LogP contribution in [0.3, 0.4) is 0 Å². The Bertz CT molecular complexity index is 806. The minimum absolute atomic E-state index is 0.0834. The van der Waals surface area contributed by atoms with E-state index in [1.165, 1.54) is 0 Å². The largest absolute Gasteiger partial charge is 0.496 e. The van der Waals surface area contributed by atoms with E-state index in [4.69, 9.17) is 14.2 Å². The van der Waals surface area contributed by atoms with E-state index in [2.05, 4.69) is 20.8 Å². The van der Waals surface area contributed by atoms with Crippen molar-refractivity contribution in [2.75, 3.05) is 20.3 Å². The number of ether oxygens (including phenoxy) is 3. The standard InChI is InChI=1S/C17H21N5O4/c1-24-13-9-15-14(25-6-7-26-15)8-11(13)10-18-17(23)12-4-2-3-5-22-16(12)19-20-21-22/h8-9,12H,2-7,10H2,1H3,(H,18,23)/t12-/m1/s1. The lowest BCUT2D eigenvalue weighted by Gasteiger charge is -2.21. The molecule has 2 aliphatic rings. The molecule has 1 aromatic heterocycles. The molecule has 0 saturated carbocycles. The van der Waals surface area contributed by atoms with E-state index in [1.54, 1.807) is 17.9 Å². The van der Waals surface area contributed by atoms with Crippen molar-refractivity contribution in [3.05, 3.63) is 23.5 Å². The highest BCUT2D eigenvalue weighted by molar-refractivity contribution is 5.82. The Morgan fingerprint density at radius 1 is 1.31 bits per heavy atom. The lowest BCUT2D eigenvalue weighted by molar-refractivity contribution is -0.123. The zero-order valence-electron chi connectivity index (χ0n) is 14.6. The van der Waals surface area contributed by atoms with Crippen molar-refractivity contribution in [3.63, 3.8) is 0 Å². The van der Waals surface area contributed by atoms with E-state index >= 15 is 0 Å². The van der Waals surface area contributed by atoms with Crippen molar-refractivity contribution in [2.24, 2.45) is 0 Å². The van der Waals surface area contributed by atoms with Gasteiger partial charge in [0, 0.05) is 24.7 Å². The average molecular weight is 359 g/mol. The Morgan fingerprint density at radius 3 is 2.92 bits per heavy atom. The maximum Gasteiger partial charge on any atom is 0.231 e. The number of benzene rings is 1. The molecule has 1 atom stereocenters. The maximum atomic E-state index is 12.8. The smallest absolute Gasteiger partial charge is 0.231 e. The molecule has 1 aromatic carbocycles. The monoisotopic (exact) mass is 359 g/mol. The number of fused-ring (bicyclic) bond motifs is 2. The van der Waals surface area contributed by atoms with Crippen molar-refractivity contribution in [3.8, 4) is 17.2 Å². The molecule has 4 rings (SSSR count). The van der Waals surface area contributed by atoms with Gasteiger partial charge in [-0.05, 0) is 29.3 Å². The molecule has 3 heterocycles. The van der Waals surface area contributed by atoms with Crippen LogP contribution in [-0.4, -0.2) is 46.4 Å². The molecule has 0 bridgehead atoms. The van der Waals surface area contributed by atoms with Crippen LogP contribution < -0.4 is 19.5 Å². The van der Waals surface area contributed by atoms with Crippen LogP contribution in [0.15, 0.2) is 12.1 Å². The van der Waals surface area contributed by atoms with Crippen LogP contribution in [0.25, 0.3) is 0 Å². The van der Waals surface area contributed by atoms with E-state index in [1.807, 2.05) is 6.07 Å². The Morgan fingerprint density at radius 2 is 2.12 bits per heavy atom. The molecule has 2 aromatic rings. The van der Waals surface area contributed by atoms with E-state index in [9.17, 15) is 4.79 Å². The molecular weight excluding hydrogens is 338 g/mol. The van der Waals surface area contributed by atoms with Crippen molar-refractivity contribution >= 4 is 5.91 Å². The van der Waals surface area contributed by atoms with Crippen LogP contribution in [0.4, 0.5) is 0 Å². The SMILES string of the molecule is COc1cc2c(cc1CNC(=O)[C@@H]1CCCCn3nnnc31)OCCO2. The van der Waals surface area contributed by atoms with Crippen LogP contribution in [0, 0.1) is 0 Å². The van der Waals surface area contributed by atoms with Gasteiger partial charge in [0.1, 0.15) is 19.0 Å². The topological polar surface area (TPSA) is 100 Å². The summed E-state index contributed by atoms with van der Waals surface area (Å²) in [5.74, 6) is 2.19. The number of hydrogen-bond acceptors (Lipinski definition) is 7. The minimum atomic E-state index is -0.337. The zero-order valence-corrected chi connectivity index (χ0v) is 14.6. The molecule has 1 N–H and O–H groups in total. The van der Waals surface area contributed by atoms with Crippen LogP contribution in [0.1, 0.15) is 36.6 Å². The predicted molar refractivity (Wildman–Crippen MR) is 90.2 cm³/mol. The summed E-state index contributed by atoms with van der Waals surface area (Å²) in [6.07, 6.45) is 2.67. The van der Waals surface area contributed by atoms with Gasteiger partial charge in [0.15, 0.2) is 17.3 Å². The fraction of sp³-hybridized carbons (Fsp3) is 0.529. The number of nitrogens with zero attached hydrogens (tertiary/aromatic N) is 4. The van der Waals surface area contributed by atoms with Crippen LogP contribution in [0.2, 0.25) is 0 Å². The highest BCUT2D eigenvalue weighted by atomic mass is 16.6. The van der Waals surface area contributed by atoms with Gasteiger partial charge < -0.3 is 19.5 Å². The quantitative estimate of drug-likeness (QED) is 0.870. The second-order valence-electron chi connectivity index (χ2n) is 6.33. The third-order valence-electron chi connectivity index (χ3n) is 4.70. The minimum Gasteiger partial charge on any atom is -0.496 e. The zero-order chi connectivity index (χ0) is 17.9. The van der Waals surface area contributed by atoms with Crippen LogP contribution >= 0.6 is 0 Å². The Balaban J connectivity index is 1.50. The summed E-state index contributed by atoms with van der Waals surface area (Å²) in [5, 5.41) is 14.7. The Labute approximate surface area is 150 Å². The summed E-state index contributed by atoms with van der Waals surface area (Å²) in [5.41, 5.74) is 0.832. The number of methoxy groups -OCH3 is 1. The first-order valence-electron chi connectivity index (χ1n) is 8.76. The molecule has 0 fully saturated rings. The second-order valence-corrected chi connectivity index (χ2v) is 6.33. The van der Waals surface area contributed by atoms with E-state index < -0.39 is 0 Å². The number of aryl methyl sites for hydroxylation is 1. The van der Waals surface area contributed by atoms with Gasteiger partial charge in [-0.2, -0.15) is 0 Å². The fourth-order valence-corrected chi connectivity index (χ4v) is 3.35. The summed E-state index contributed by atoms with van der Waals surface area (Å²) >= 11 is 0. The number of tetrazole rings is 1. The fourth-order valence-electron chi connectivity index (χ4n) is 3.35. The highest BCUT2D eigenvalue weighted by Crippen LogP contribution is 2.36. The molecule has 0 radical (unpaired) electrons. The Kier molecular flexibility index (Phi) is 4.59. The third-order valence-corrected chi connectivity index (χ3v) is 4.70. The van der Waals surface area contributed by atoms with Crippen molar-refractivity contribution in [2.45, 2.75) is 38.3 Å². The second kappa shape index (κ2) is 7.19. The molecule has 9 heteroatoms. The maximum absolute atomic E-state index is 12.8. The van der Waals surface area contributed by atoms with Gasteiger partial charge in [0.05, 0.1) is 13.0 Å². The van der Waals surface area contributed by atoms with E-state index in [-0.39, 0.29) is 11.8 Å². The summed E-state index contributed by atoms with van der Waals surface area (Å²) < 4.78 is 18.3. The summed E-state index contributed by atoms with van der Waals surface area (Å²) in [6.45, 7) is 2.11. The first kappa shape index (κ1) is 16.6. The van der Waals surface area contributed by atoms with Crippen molar-refractivity contribution < 1.29 is 19.0 Å². The number of carbonyl (C=O) groups excluding carboxylic acids is 1. The average Bonchev–Trinajstić information content (AvgIpc) is 3.04. The van der Waals surface area contributed by atoms with Crippen molar-refractivity contribution in [1.29, 1.82) is 0 Å². The highest BCUT2D eigenvalue weighted by Gasteiger charge is 2.28. The van der Waals surface area contributed by atoms with E-state index in [0.29, 0.717) is 42.8 Å². The molecule has 0 unspecified atom stereocenters. The number of nitrogens with one attached hydrogen (secondary N) is 1. The number of aromatic nitrogens is 4. The Hall–Kier alpha value is -2.84. The third kappa shape index (κ3) is 3.16. The molecule has 0 spiro atoms. The summed E-state index contributed by atoms with van der Waals surface area (Å²) in [4.78, 5) is 12.8. The van der Waals surface area contributed by atoms with Crippen LogP contribution in [-0.2, 0) is 17.9 Å². The number of carbonyl (C=O) groups is 1. The predicted octanol–water partition coefficient (Wildman–Crippen LogP) is 1.04. The molecule has 1 amide bonds. The number of amides is 1. The van der Waals surface area contributed by atoms with E-state index in [0.717, 1.165) is 31.4 Å². The van der Waals surface area contributed by atoms with Crippen LogP contribution in [0.5, 0.6) is 17.2 Å². The van der Waals surface area contributed by atoms with Gasteiger partial charge in [-0.25, -0.2) is 4.68 Å². The van der Waals surface area contributed by atoms with Gasteiger partial charge in [-0.15, -0.1) is 5.10 Å². The first-order valence-corrected chi connectivity index (χ1v) is 8.76. The number of rotatable bonds is 4. The normalized spacial score (nSPS) is 18.6. The first-order chi connectivity index (χ1) is 12.8. The van der Waals surface area contributed by atoms with Gasteiger partial charge in [-0.3, -0.25) is 4.79 Å². The van der Waals surface area contributed by atoms with Crippen molar-refractivity contribution in [1.82, 2.24) is 25.5 Å². The lowest BCUT2D eigenvalue weighted by Crippen LogP contribution is -2.30. The molecule has 0 aliphatic carbocycles. The molecule has 0 saturated heterocycles. The van der Waals surface area contributed by atoms with Gasteiger partial charge in [0.2, 0.25) is 5.91 Å². The van der Waals surface area contributed by atoms with Gasteiger partial charge >= 0.3 is 0 Å². The van der Waals surface area contributed by atoms with Gasteiger partial charge in [0.25, 0.3) is 0 Å². The molecular formula is C17H21N5O4. The van der Waals surface area contributed by atoms with Gasteiger partial charge in [-0.1, -0.05) is 6.42 Å². The lowest BCUT2D eigenvalue weighted by atomic mass is 10.0. The molecule has 26 heavy (non-hydrogen) atoms. The molecule has 2 aliphatic heterocycles. The molecule has 138 valence electrons. The molecule has 9 nitrogen and oxygen atoms in total.